The average molecular weight is 431 g/mol. The Morgan fingerprint density at radius 1 is 1.27 bits per heavy atom. The van der Waals surface area contributed by atoms with Crippen molar-refractivity contribution in [1.29, 1.82) is 0 Å². The molecular formula is C22H27FN4O2S. The van der Waals surface area contributed by atoms with Gasteiger partial charge in [-0.1, -0.05) is 18.6 Å². The van der Waals surface area contributed by atoms with Crippen LogP contribution in [0.3, 0.4) is 0 Å². The van der Waals surface area contributed by atoms with Crippen molar-refractivity contribution in [3.05, 3.63) is 47.2 Å². The van der Waals surface area contributed by atoms with Gasteiger partial charge in [0.15, 0.2) is 5.13 Å². The molecule has 1 fully saturated rings. The van der Waals surface area contributed by atoms with Gasteiger partial charge in [-0.3, -0.25) is 14.5 Å². The van der Waals surface area contributed by atoms with E-state index in [-0.39, 0.29) is 17.5 Å². The molecule has 30 heavy (non-hydrogen) atoms. The van der Waals surface area contributed by atoms with Crippen molar-refractivity contribution in [2.45, 2.75) is 32.6 Å². The monoisotopic (exact) mass is 430 g/mol. The van der Waals surface area contributed by atoms with Crippen LogP contribution in [0.4, 0.5) is 15.2 Å². The van der Waals surface area contributed by atoms with Crippen molar-refractivity contribution in [2.24, 2.45) is 0 Å². The number of piperidine rings is 1. The van der Waals surface area contributed by atoms with Crippen LogP contribution < -0.4 is 10.2 Å². The van der Waals surface area contributed by atoms with E-state index in [9.17, 15) is 14.0 Å². The summed E-state index contributed by atoms with van der Waals surface area (Å²) >= 11 is 1.22. The predicted molar refractivity (Wildman–Crippen MR) is 118 cm³/mol. The lowest BCUT2D eigenvalue weighted by molar-refractivity contribution is -0.117. The molecule has 0 saturated carbocycles. The molecule has 160 valence electrons. The molecule has 6 nitrogen and oxygen atoms in total. The summed E-state index contributed by atoms with van der Waals surface area (Å²) < 4.78 is 14.1. The highest BCUT2D eigenvalue weighted by Gasteiger charge is 2.20. The highest BCUT2D eigenvalue weighted by Crippen LogP contribution is 2.30. The molecule has 0 aliphatic carbocycles. The van der Waals surface area contributed by atoms with Gasteiger partial charge < -0.3 is 10.2 Å². The lowest BCUT2D eigenvalue weighted by Gasteiger charge is -2.26. The molecule has 3 rings (SSSR count). The average Bonchev–Trinajstić information content (AvgIpc) is 3.20. The third-order valence-electron chi connectivity index (χ3n) is 4.91. The van der Waals surface area contributed by atoms with Crippen molar-refractivity contribution in [3.8, 4) is 0 Å². The van der Waals surface area contributed by atoms with Crippen molar-refractivity contribution >= 4 is 40.0 Å². The van der Waals surface area contributed by atoms with E-state index in [1.54, 1.807) is 23.6 Å². The highest BCUT2D eigenvalue weighted by atomic mass is 32.1. The Balaban J connectivity index is 1.52. The van der Waals surface area contributed by atoms with Gasteiger partial charge in [0.05, 0.1) is 11.4 Å². The first-order chi connectivity index (χ1) is 14.5. The van der Waals surface area contributed by atoms with Crippen LogP contribution in [0.1, 0.15) is 38.3 Å². The molecule has 1 aromatic carbocycles. The van der Waals surface area contributed by atoms with E-state index >= 15 is 0 Å². The van der Waals surface area contributed by atoms with Gasteiger partial charge in [0.25, 0.3) is 0 Å². The maximum absolute atomic E-state index is 14.1. The minimum atomic E-state index is -0.496. The first kappa shape index (κ1) is 22.1. The zero-order valence-corrected chi connectivity index (χ0v) is 18.0. The SMILES string of the molecule is CC(=O)N(c1nc(/C=C/C(=O)NCCCN2CCCCC2)cs1)c1ccccc1F. The summed E-state index contributed by atoms with van der Waals surface area (Å²) in [4.78, 5) is 32.1. The van der Waals surface area contributed by atoms with Gasteiger partial charge in [0.2, 0.25) is 11.8 Å². The van der Waals surface area contributed by atoms with E-state index in [1.165, 1.54) is 60.6 Å². The molecule has 1 aliphatic rings. The highest BCUT2D eigenvalue weighted by molar-refractivity contribution is 7.14. The molecule has 2 heterocycles. The number of anilines is 2. The van der Waals surface area contributed by atoms with Gasteiger partial charge in [-0.2, -0.15) is 0 Å². The van der Waals surface area contributed by atoms with Gasteiger partial charge >= 0.3 is 0 Å². The standard InChI is InChI=1S/C22H27FN4O2S/c1-17(28)27(20-9-4-3-8-19(20)23)22-25-18(16-30-22)10-11-21(29)24-12-7-15-26-13-5-2-6-14-26/h3-4,8-11,16H,2,5-7,12-15H2,1H3,(H,24,29)/b11-10+. The van der Waals surface area contributed by atoms with E-state index in [0.29, 0.717) is 17.4 Å². The molecule has 0 radical (unpaired) electrons. The number of benzene rings is 1. The first-order valence-electron chi connectivity index (χ1n) is 10.2. The number of thiazole rings is 1. The number of likely N-dealkylation sites (tertiary alicyclic amines) is 1. The van der Waals surface area contributed by atoms with E-state index in [4.69, 9.17) is 0 Å². The lowest BCUT2D eigenvalue weighted by Crippen LogP contribution is -2.33. The number of carbonyl (C=O) groups excluding carboxylic acids is 2. The maximum atomic E-state index is 14.1. The predicted octanol–water partition coefficient (Wildman–Crippen LogP) is 3.97. The molecule has 0 bridgehead atoms. The molecule has 1 aliphatic heterocycles. The van der Waals surface area contributed by atoms with E-state index < -0.39 is 5.82 Å². The second-order valence-electron chi connectivity index (χ2n) is 7.24. The molecule has 2 aromatic rings. The molecule has 1 aromatic heterocycles. The molecule has 1 saturated heterocycles. The summed E-state index contributed by atoms with van der Waals surface area (Å²) in [7, 11) is 0. The zero-order valence-electron chi connectivity index (χ0n) is 17.1. The molecule has 0 atom stereocenters. The van der Waals surface area contributed by atoms with Crippen LogP contribution in [0.25, 0.3) is 6.08 Å². The number of nitrogens with one attached hydrogen (secondary N) is 1. The number of aromatic nitrogens is 1. The maximum Gasteiger partial charge on any atom is 0.244 e. The third-order valence-corrected chi connectivity index (χ3v) is 5.76. The molecule has 2 amide bonds. The van der Waals surface area contributed by atoms with Crippen molar-refractivity contribution < 1.29 is 14.0 Å². The van der Waals surface area contributed by atoms with Crippen molar-refractivity contribution in [1.82, 2.24) is 15.2 Å². The second-order valence-corrected chi connectivity index (χ2v) is 8.08. The summed E-state index contributed by atoms with van der Waals surface area (Å²) in [6.07, 6.45) is 7.81. The first-order valence-corrected chi connectivity index (χ1v) is 11.1. The number of para-hydroxylation sites is 1. The summed E-state index contributed by atoms with van der Waals surface area (Å²) in [5.74, 6) is -1.01. The normalized spacial score (nSPS) is 14.7. The second kappa shape index (κ2) is 11.0. The number of rotatable bonds is 8. The molecular weight excluding hydrogens is 403 g/mol. The number of nitrogens with zero attached hydrogens (tertiary/aromatic N) is 3. The Morgan fingerprint density at radius 3 is 2.77 bits per heavy atom. The van der Waals surface area contributed by atoms with E-state index in [2.05, 4.69) is 15.2 Å². The Hall–Kier alpha value is -2.58. The summed E-state index contributed by atoms with van der Waals surface area (Å²) in [5.41, 5.74) is 0.697. The molecule has 1 N–H and O–H groups in total. The molecule has 0 unspecified atom stereocenters. The fraction of sp³-hybridized carbons (Fsp3) is 0.409. The number of carbonyl (C=O) groups is 2. The van der Waals surface area contributed by atoms with Gasteiger partial charge in [0, 0.05) is 24.9 Å². The molecule has 8 heteroatoms. The van der Waals surface area contributed by atoms with Gasteiger partial charge in [-0.25, -0.2) is 9.37 Å². The Morgan fingerprint density at radius 2 is 2.03 bits per heavy atom. The minimum Gasteiger partial charge on any atom is -0.353 e. The quantitative estimate of drug-likeness (QED) is 0.508. The van der Waals surface area contributed by atoms with Gasteiger partial charge in [-0.15, -0.1) is 11.3 Å². The van der Waals surface area contributed by atoms with Crippen LogP contribution in [0.5, 0.6) is 0 Å². The van der Waals surface area contributed by atoms with Crippen LogP contribution in [-0.4, -0.2) is 47.9 Å². The Bertz CT molecular complexity index is 893. The fourth-order valence-corrected chi connectivity index (χ4v) is 4.26. The van der Waals surface area contributed by atoms with Crippen molar-refractivity contribution in [3.63, 3.8) is 0 Å². The third kappa shape index (κ3) is 6.21. The zero-order chi connectivity index (χ0) is 21.3. The van der Waals surface area contributed by atoms with Crippen LogP contribution in [0, 0.1) is 5.82 Å². The van der Waals surface area contributed by atoms with Crippen LogP contribution in [-0.2, 0) is 9.59 Å². The number of halogens is 1. The largest absolute Gasteiger partial charge is 0.353 e. The topological polar surface area (TPSA) is 65.5 Å². The number of amides is 2. The van der Waals surface area contributed by atoms with Crippen LogP contribution >= 0.6 is 11.3 Å². The van der Waals surface area contributed by atoms with Gasteiger partial charge in [-0.05, 0) is 57.1 Å². The summed E-state index contributed by atoms with van der Waals surface area (Å²) in [6.45, 7) is 5.32. The Kier molecular flexibility index (Phi) is 8.10. The van der Waals surface area contributed by atoms with E-state index in [1.807, 2.05) is 0 Å². The van der Waals surface area contributed by atoms with Crippen LogP contribution in [0.2, 0.25) is 0 Å². The van der Waals surface area contributed by atoms with Gasteiger partial charge in [0.1, 0.15) is 5.82 Å². The lowest BCUT2D eigenvalue weighted by atomic mass is 10.1. The van der Waals surface area contributed by atoms with Crippen molar-refractivity contribution in [2.75, 3.05) is 31.1 Å². The molecule has 0 spiro atoms. The summed E-state index contributed by atoms with van der Waals surface area (Å²) in [6, 6.07) is 6.07. The van der Waals surface area contributed by atoms with Crippen LogP contribution in [0.15, 0.2) is 35.7 Å². The summed E-state index contributed by atoms with van der Waals surface area (Å²) in [5, 5.41) is 4.97. The van der Waals surface area contributed by atoms with E-state index in [0.717, 1.165) is 26.1 Å². The minimum absolute atomic E-state index is 0.154. The fourth-order valence-electron chi connectivity index (χ4n) is 3.41. The smallest absolute Gasteiger partial charge is 0.244 e. The number of hydrogen-bond acceptors (Lipinski definition) is 5. The number of hydrogen-bond donors (Lipinski definition) is 1. The Labute approximate surface area is 180 Å².